The van der Waals surface area contributed by atoms with Crippen molar-refractivity contribution in [1.82, 2.24) is 5.32 Å². The molecule has 0 aromatic rings. The average molecular weight is 220 g/mol. The predicted molar refractivity (Wildman–Crippen MR) is 60.9 cm³/mol. The van der Waals surface area contributed by atoms with Crippen LogP contribution >= 0.6 is 11.6 Å². The summed E-state index contributed by atoms with van der Waals surface area (Å²) in [4.78, 5) is 0. The fourth-order valence-electron chi connectivity index (χ4n) is 1.69. The van der Waals surface area contributed by atoms with Crippen molar-refractivity contribution in [3.63, 3.8) is 0 Å². The third-order valence-corrected chi connectivity index (χ3v) is 3.57. The van der Waals surface area contributed by atoms with Crippen LogP contribution in [-0.4, -0.2) is 30.7 Å². The molecule has 4 unspecified atom stereocenters. The minimum Gasteiger partial charge on any atom is -0.374 e. The van der Waals surface area contributed by atoms with Crippen molar-refractivity contribution in [2.45, 2.75) is 51.9 Å². The van der Waals surface area contributed by atoms with Crippen molar-refractivity contribution in [3.05, 3.63) is 0 Å². The molecule has 2 nitrogen and oxygen atoms in total. The monoisotopic (exact) mass is 219 g/mol. The maximum absolute atomic E-state index is 5.79. The molecular weight excluding hydrogens is 198 g/mol. The van der Waals surface area contributed by atoms with Crippen LogP contribution in [0.15, 0.2) is 0 Å². The minimum atomic E-state index is 0.412. The van der Waals surface area contributed by atoms with Gasteiger partial charge in [0.15, 0.2) is 0 Å². The van der Waals surface area contributed by atoms with Gasteiger partial charge in [-0.25, -0.2) is 0 Å². The molecule has 0 radical (unpaired) electrons. The van der Waals surface area contributed by atoms with E-state index in [1.165, 1.54) is 12.8 Å². The molecule has 0 aromatic heterocycles. The molecule has 1 heterocycles. The van der Waals surface area contributed by atoms with Crippen molar-refractivity contribution < 1.29 is 4.74 Å². The van der Waals surface area contributed by atoms with Crippen molar-refractivity contribution in [2.75, 3.05) is 12.4 Å². The van der Waals surface area contributed by atoms with E-state index in [2.05, 4.69) is 26.1 Å². The van der Waals surface area contributed by atoms with Gasteiger partial charge in [0.1, 0.15) is 0 Å². The molecule has 3 heteroatoms. The quantitative estimate of drug-likeness (QED) is 0.718. The van der Waals surface area contributed by atoms with Gasteiger partial charge in [0.05, 0.1) is 12.2 Å². The van der Waals surface area contributed by atoms with Gasteiger partial charge in [-0.05, 0) is 32.6 Å². The van der Waals surface area contributed by atoms with E-state index in [1.54, 1.807) is 0 Å². The first-order chi connectivity index (χ1) is 6.63. The number of rotatable bonds is 5. The molecule has 0 saturated carbocycles. The van der Waals surface area contributed by atoms with E-state index < -0.39 is 0 Å². The fourth-order valence-corrected chi connectivity index (χ4v) is 1.95. The van der Waals surface area contributed by atoms with Crippen molar-refractivity contribution >= 4 is 11.6 Å². The van der Waals surface area contributed by atoms with Gasteiger partial charge in [0.25, 0.3) is 0 Å². The van der Waals surface area contributed by atoms with Crippen LogP contribution in [-0.2, 0) is 4.74 Å². The van der Waals surface area contributed by atoms with Crippen molar-refractivity contribution in [3.8, 4) is 0 Å². The van der Waals surface area contributed by atoms with Crippen LogP contribution in [0.3, 0.4) is 0 Å². The molecule has 1 aliphatic heterocycles. The van der Waals surface area contributed by atoms with Crippen LogP contribution in [0.2, 0.25) is 0 Å². The number of halogens is 1. The number of ether oxygens (including phenoxy) is 1. The molecular formula is C11H22ClNO. The molecule has 1 N–H and O–H groups in total. The first kappa shape index (κ1) is 12.3. The third-order valence-electron chi connectivity index (χ3n) is 3.08. The van der Waals surface area contributed by atoms with Crippen LogP contribution in [0.4, 0.5) is 0 Å². The topological polar surface area (TPSA) is 21.3 Å². The van der Waals surface area contributed by atoms with Crippen molar-refractivity contribution in [1.29, 1.82) is 0 Å². The maximum atomic E-state index is 5.79. The van der Waals surface area contributed by atoms with Crippen LogP contribution in [0.5, 0.6) is 0 Å². The molecule has 0 amide bonds. The molecule has 0 bridgehead atoms. The highest BCUT2D eigenvalue weighted by Crippen LogP contribution is 2.18. The first-order valence-corrected chi connectivity index (χ1v) is 6.11. The summed E-state index contributed by atoms with van der Waals surface area (Å²) in [6.07, 6.45) is 3.25. The molecule has 0 aromatic carbocycles. The standard InChI is InChI=1S/C11H22ClNO/c1-8(6-12)10(3)13-7-11-5-4-9(2)14-11/h8-11,13H,4-7H2,1-3H3. The van der Waals surface area contributed by atoms with E-state index >= 15 is 0 Å². The second-order valence-electron chi connectivity index (χ2n) is 4.47. The Morgan fingerprint density at radius 1 is 1.43 bits per heavy atom. The Labute approximate surface area is 92.3 Å². The van der Waals surface area contributed by atoms with E-state index in [0.717, 1.165) is 12.4 Å². The smallest absolute Gasteiger partial charge is 0.0704 e. The molecule has 0 aliphatic carbocycles. The van der Waals surface area contributed by atoms with Gasteiger partial charge in [-0.3, -0.25) is 0 Å². The second-order valence-corrected chi connectivity index (χ2v) is 4.78. The predicted octanol–water partition coefficient (Wildman–Crippen LogP) is 2.41. The summed E-state index contributed by atoms with van der Waals surface area (Å²) in [6, 6.07) is 0.479. The fraction of sp³-hybridized carbons (Fsp3) is 1.00. The Bertz CT molecular complexity index is 163. The van der Waals surface area contributed by atoms with Gasteiger partial charge >= 0.3 is 0 Å². The van der Waals surface area contributed by atoms with E-state index in [0.29, 0.717) is 24.2 Å². The van der Waals surface area contributed by atoms with Crippen LogP contribution in [0, 0.1) is 5.92 Å². The minimum absolute atomic E-state index is 0.412. The summed E-state index contributed by atoms with van der Waals surface area (Å²) in [6.45, 7) is 7.46. The van der Waals surface area contributed by atoms with Crippen molar-refractivity contribution in [2.24, 2.45) is 5.92 Å². The Hall–Kier alpha value is 0.210. The van der Waals surface area contributed by atoms with Gasteiger partial charge in [-0.15, -0.1) is 11.6 Å². The van der Waals surface area contributed by atoms with E-state index in [1.807, 2.05) is 0 Å². The molecule has 0 spiro atoms. The van der Waals surface area contributed by atoms with Crippen LogP contribution < -0.4 is 5.32 Å². The zero-order valence-corrected chi connectivity index (χ0v) is 10.2. The summed E-state index contributed by atoms with van der Waals surface area (Å²) < 4.78 is 5.73. The number of alkyl halides is 1. The van der Waals surface area contributed by atoms with E-state index in [9.17, 15) is 0 Å². The molecule has 84 valence electrons. The molecule has 14 heavy (non-hydrogen) atoms. The largest absolute Gasteiger partial charge is 0.374 e. The second kappa shape index (κ2) is 5.94. The lowest BCUT2D eigenvalue weighted by atomic mass is 10.1. The summed E-state index contributed by atoms with van der Waals surface area (Å²) in [5.41, 5.74) is 0. The highest BCUT2D eigenvalue weighted by atomic mass is 35.5. The normalized spacial score (nSPS) is 31.7. The Morgan fingerprint density at radius 2 is 2.14 bits per heavy atom. The Morgan fingerprint density at radius 3 is 2.64 bits per heavy atom. The highest BCUT2D eigenvalue weighted by molar-refractivity contribution is 6.18. The molecule has 1 saturated heterocycles. The third kappa shape index (κ3) is 3.76. The lowest BCUT2D eigenvalue weighted by molar-refractivity contribution is 0.0538. The van der Waals surface area contributed by atoms with Gasteiger partial charge in [-0.2, -0.15) is 0 Å². The zero-order valence-electron chi connectivity index (χ0n) is 9.42. The molecule has 1 rings (SSSR count). The van der Waals surface area contributed by atoms with Gasteiger partial charge < -0.3 is 10.1 Å². The van der Waals surface area contributed by atoms with Crippen LogP contribution in [0.1, 0.15) is 33.6 Å². The molecule has 4 atom stereocenters. The number of hydrogen-bond donors (Lipinski definition) is 1. The van der Waals surface area contributed by atoms with Crippen LogP contribution in [0.25, 0.3) is 0 Å². The van der Waals surface area contributed by atoms with Gasteiger partial charge in [-0.1, -0.05) is 6.92 Å². The Kier molecular flexibility index (Phi) is 5.21. The van der Waals surface area contributed by atoms with E-state index in [4.69, 9.17) is 16.3 Å². The zero-order chi connectivity index (χ0) is 10.6. The Balaban J connectivity index is 2.14. The average Bonchev–Trinajstić information content (AvgIpc) is 2.59. The summed E-state index contributed by atoms with van der Waals surface area (Å²) in [7, 11) is 0. The summed E-state index contributed by atoms with van der Waals surface area (Å²) in [5, 5.41) is 3.49. The van der Waals surface area contributed by atoms with E-state index in [-0.39, 0.29) is 0 Å². The van der Waals surface area contributed by atoms with Gasteiger partial charge in [0.2, 0.25) is 0 Å². The maximum Gasteiger partial charge on any atom is 0.0704 e. The number of nitrogens with one attached hydrogen (secondary N) is 1. The summed E-state index contributed by atoms with van der Waals surface area (Å²) >= 11 is 5.79. The molecule has 1 fully saturated rings. The highest BCUT2D eigenvalue weighted by Gasteiger charge is 2.22. The lowest BCUT2D eigenvalue weighted by Gasteiger charge is -2.21. The SMILES string of the molecule is CC1CCC(CNC(C)C(C)CCl)O1. The summed E-state index contributed by atoms with van der Waals surface area (Å²) in [5.74, 6) is 1.24. The molecule has 1 aliphatic rings. The number of hydrogen-bond acceptors (Lipinski definition) is 2. The lowest BCUT2D eigenvalue weighted by Crippen LogP contribution is -2.38. The van der Waals surface area contributed by atoms with Gasteiger partial charge in [0, 0.05) is 18.5 Å². The first-order valence-electron chi connectivity index (χ1n) is 5.58.